The number of fused-ring (bicyclic) bond motifs is 1. The molecule has 1 N–H and O–H groups in total. The molecule has 2 heterocycles. The van der Waals surface area contributed by atoms with Crippen LogP contribution in [0.5, 0.6) is 0 Å². The van der Waals surface area contributed by atoms with Gasteiger partial charge in [-0.3, -0.25) is 19.8 Å². The Morgan fingerprint density at radius 1 is 1.61 bits per heavy atom. The van der Waals surface area contributed by atoms with Crippen molar-refractivity contribution in [2.45, 2.75) is 13.0 Å². The Kier molecular flexibility index (Phi) is 3.21. The number of hydrogen-bond acceptors (Lipinski definition) is 6. The second kappa shape index (κ2) is 4.66. The molecule has 2 aliphatic heterocycles. The van der Waals surface area contributed by atoms with Crippen LogP contribution in [0.25, 0.3) is 0 Å². The summed E-state index contributed by atoms with van der Waals surface area (Å²) >= 11 is 0. The van der Waals surface area contributed by atoms with Crippen molar-refractivity contribution >= 4 is 5.78 Å². The van der Waals surface area contributed by atoms with Crippen molar-refractivity contribution in [3.05, 3.63) is 21.6 Å². The topological polar surface area (TPSA) is 78.7 Å². The summed E-state index contributed by atoms with van der Waals surface area (Å²) in [6.45, 7) is 3.78. The zero-order valence-electron chi connectivity index (χ0n) is 10.0. The molecule has 96 valence electrons. The number of Topliss-reactive ketones (excluding diaryl/α,β-unsaturated/α-hetero) is 1. The lowest BCUT2D eigenvalue weighted by Crippen LogP contribution is -2.36. The molecule has 2 rings (SSSR count). The molecular weight excluding hydrogens is 236 g/mol. The number of carbonyl (C=O) groups is 1. The van der Waals surface area contributed by atoms with Gasteiger partial charge in [-0.15, -0.1) is 6.42 Å². The summed E-state index contributed by atoms with van der Waals surface area (Å²) in [4.78, 5) is 25.8. The zero-order valence-corrected chi connectivity index (χ0v) is 10.0. The molecule has 2 aliphatic rings. The summed E-state index contributed by atoms with van der Waals surface area (Å²) in [5, 5.41) is 13.9. The normalized spacial score (nSPS) is 24.3. The largest absolute Gasteiger partial charge is 0.353 e. The van der Waals surface area contributed by atoms with Gasteiger partial charge in [0.2, 0.25) is 0 Å². The molecule has 1 atom stereocenters. The van der Waals surface area contributed by atoms with E-state index in [0.717, 1.165) is 0 Å². The van der Waals surface area contributed by atoms with Crippen LogP contribution in [-0.4, -0.2) is 52.9 Å². The maximum absolute atomic E-state index is 11.8. The van der Waals surface area contributed by atoms with Gasteiger partial charge in [0.15, 0.2) is 5.82 Å². The van der Waals surface area contributed by atoms with E-state index in [1.54, 1.807) is 11.8 Å². The minimum atomic E-state index is -0.613. The van der Waals surface area contributed by atoms with Crippen molar-refractivity contribution in [1.82, 2.24) is 15.1 Å². The van der Waals surface area contributed by atoms with Crippen molar-refractivity contribution in [3.63, 3.8) is 0 Å². The van der Waals surface area contributed by atoms with Gasteiger partial charge in [-0.25, -0.2) is 0 Å². The number of nitrogens with one attached hydrogen (secondary N) is 1. The highest BCUT2D eigenvalue weighted by Gasteiger charge is 2.45. The Morgan fingerprint density at radius 3 is 2.94 bits per heavy atom. The Labute approximate surface area is 105 Å². The van der Waals surface area contributed by atoms with Crippen molar-refractivity contribution in [2.75, 3.05) is 26.3 Å². The fourth-order valence-electron chi connectivity index (χ4n) is 2.23. The average Bonchev–Trinajstić information content (AvgIpc) is 2.49. The lowest BCUT2D eigenvalue weighted by Gasteiger charge is -2.22. The predicted molar refractivity (Wildman–Crippen MR) is 63.6 cm³/mol. The third kappa shape index (κ3) is 1.91. The first-order valence-electron chi connectivity index (χ1n) is 5.65. The van der Waals surface area contributed by atoms with Crippen LogP contribution in [0.1, 0.15) is 6.92 Å². The van der Waals surface area contributed by atoms with Crippen LogP contribution in [0.3, 0.4) is 0 Å². The van der Waals surface area contributed by atoms with E-state index >= 15 is 0 Å². The van der Waals surface area contributed by atoms with Crippen LogP contribution in [0.4, 0.5) is 0 Å². The summed E-state index contributed by atoms with van der Waals surface area (Å²) in [5.41, 5.74) is -0.343. The Morgan fingerprint density at radius 2 is 2.33 bits per heavy atom. The predicted octanol–water partition coefficient (Wildman–Crippen LogP) is -0.799. The summed E-state index contributed by atoms with van der Waals surface area (Å²) in [6.07, 6.45) is 5.24. The van der Waals surface area contributed by atoms with Gasteiger partial charge in [0, 0.05) is 13.1 Å². The summed E-state index contributed by atoms with van der Waals surface area (Å²) in [7, 11) is 0. The molecule has 0 bridgehead atoms. The highest BCUT2D eigenvalue weighted by atomic mass is 16.6. The molecule has 0 saturated carbocycles. The molecule has 7 heteroatoms. The maximum atomic E-state index is 11.8. The molecule has 1 saturated heterocycles. The molecule has 1 unspecified atom stereocenters. The van der Waals surface area contributed by atoms with E-state index in [0.29, 0.717) is 32.1 Å². The standard InChI is InChI=1S/C11H14N4O3/c1-3-4-13-5-6-14-8(2)10(16)9(15(17)18)11(14)12-7-13/h1,8,12H,4-7H2,2H3. The van der Waals surface area contributed by atoms with E-state index in [4.69, 9.17) is 6.42 Å². The van der Waals surface area contributed by atoms with Gasteiger partial charge in [-0.2, -0.15) is 0 Å². The Hall–Kier alpha value is -2.07. The number of ketones is 1. The summed E-state index contributed by atoms with van der Waals surface area (Å²) < 4.78 is 0. The first-order chi connectivity index (χ1) is 8.56. The highest BCUT2D eigenvalue weighted by molar-refractivity contribution is 6.00. The molecular formula is C11H14N4O3. The third-order valence-corrected chi connectivity index (χ3v) is 3.22. The zero-order chi connectivity index (χ0) is 13.3. The maximum Gasteiger partial charge on any atom is 0.353 e. The second-order valence-electron chi connectivity index (χ2n) is 4.28. The van der Waals surface area contributed by atoms with Gasteiger partial charge in [0.1, 0.15) is 0 Å². The van der Waals surface area contributed by atoms with Crippen LogP contribution < -0.4 is 5.32 Å². The van der Waals surface area contributed by atoms with Gasteiger partial charge >= 0.3 is 5.70 Å². The van der Waals surface area contributed by atoms with Crippen molar-refractivity contribution < 1.29 is 9.72 Å². The van der Waals surface area contributed by atoms with Crippen molar-refractivity contribution in [2.24, 2.45) is 0 Å². The van der Waals surface area contributed by atoms with Gasteiger partial charge in [0.25, 0.3) is 5.78 Å². The van der Waals surface area contributed by atoms with E-state index in [-0.39, 0.29) is 5.70 Å². The molecule has 7 nitrogen and oxygen atoms in total. The molecule has 0 aromatic carbocycles. The SMILES string of the molecule is C#CCN1CCN2C(=C([N+](=O)[O-])C(=O)C2C)NC1. The lowest BCUT2D eigenvalue weighted by molar-refractivity contribution is -0.419. The molecule has 1 fully saturated rings. The van der Waals surface area contributed by atoms with E-state index in [9.17, 15) is 14.9 Å². The fourth-order valence-corrected chi connectivity index (χ4v) is 2.23. The quantitative estimate of drug-likeness (QED) is 0.393. The van der Waals surface area contributed by atoms with Crippen molar-refractivity contribution in [1.29, 1.82) is 0 Å². The second-order valence-corrected chi connectivity index (χ2v) is 4.28. The third-order valence-electron chi connectivity index (χ3n) is 3.22. The van der Waals surface area contributed by atoms with Gasteiger partial charge in [-0.1, -0.05) is 5.92 Å². The smallest absolute Gasteiger partial charge is 0.353 e. The van der Waals surface area contributed by atoms with Crippen LogP contribution in [0.15, 0.2) is 11.5 Å². The van der Waals surface area contributed by atoms with Crippen LogP contribution in [-0.2, 0) is 4.79 Å². The number of hydrogen-bond donors (Lipinski definition) is 1. The first-order valence-corrected chi connectivity index (χ1v) is 5.65. The lowest BCUT2D eigenvalue weighted by atomic mass is 10.2. The van der Waals surface area contributed by atoms with E-state index in [2.05, 4.69) is 11.2 Å². The summed E-state index contributed by atoms with van der Waals surface area (Å²) in [5.74, 6) is 2.41. The van der Waals surface area contributed by atoms with Gasteiger partial charge < -0.3 is 10.2 Å². The Balaban J connectivity index is 2.28. The number of nitro groups is 1. The number of carbonyl (C=O) groups excluding carboxylic acids is 1. The molecule has 0 aromatic rings. The fraction of sp³-hybridized carbons (Fsp3) is 0.545. The molecule has 0 aromatic heterocycles. The molecule has 0 amide bonds. The number of nitrogens with zero attached hydrogens (tertiary/aromatic N) is 3. The van der Waals surface area contributed by atoms with E-state index in [1.165, 1.54) is 0 Å². The van der Waals surface area contributed by atoms with E-state index < -0.39 is 16.7 Å². The van der Waals surface area contributed by atoms with Crippen LogP contribution >= 0.6 is 0 Å². The minimum Gasteiger partial charge on any atom is -0.353 e. The van der Waals surface area contributed by atoms with Crippen LogP contribution in [0.2, 0.25) is 0 Å². The monoisotopic (exact) mass is 250 g/mol. The first kappa shape index (κ1) is 12.4. The average molecular weight is 250 g/mol. The van der Waals surface area contributed by atoms with Gasteiger partial charge in [0.05, 0.1) is 24.2 Å². The minimum absolute atomic E-state index is 0.317. The van der Waals surface area contributed by atoms with Crippen molar-refractivity contribution in [3.8, 4) is 12.3 Å². The molecule has 0 radical (unpaired) electrons. The molecule has 18 heavy (non-hydrogen) atoms. The van der Waals surface area contributed by atoms with Crippen LogP contribution in [0, 0.1) is 22.5 Å². The Bertz CT molecular complexity index is 465. The number of rotatable bonds is 2. The van der Waals surface area contributed by atoms with E-state index in [1.807, 2.05) is 4.90 Å². The van der Waals surface area contributed by atoms with Gasteiger partial charge in [-0.05, 0) is 6.92 Å². The number of terminal acetylenes is 1. The highest BCUT2D eigenvalue weighted by Crippen LogP contribution is 2.25. The molecule has 0 spiro atoms. The molecule has 0 aliphatic carbocycles. The summed E-state index contributed by atoms with van der Waals surface area (Å²) in [6, 6.07) is -0.487.